The number of anilines is 2. The molecule has 1 amide bonds. The van der Waals surface area contributed by atoms with E-state index in [4.69, 9.17) is 14.7 Å². The predicted octanol–water partition coefficient (Wildman–Crippen LogP) is 6.06. The normalized spacial score (nSPS) is 18.3. The van der Waals surface area contributed by atoms with Gasteiger partial charge in [-0.25, -0.2) is 4.39 Å². The first-order chi connectivity index (χ1) is 22.6. The smallest absolute Gasteiger partial charge is 0.319 e. The summed E-state index contributed by atoms with van der Waals surface area (Å²) in [6.45, 7) is 13.3. The molecule has 11 heteroatoms. The van der Waals surface area contributed by atoms with Gasteiger partial charge in [-0.1, -0.05) is 48.7 Å². The molecule has 0 bridgehead atoms. The van der Waals surface area contributed by atoms with Crippen LogP contribution in [0.2, 0.25) is 0 Å². The number of thioether (sulfide) groups is 1. The number of carbonyl (C=O) groups is 1. The number of halogens is 1. The second kappa shape index (κ2) is 13.7. The number of aromatic nitrogens is 2. The topological polar surface area (TPSA) is 88.8 Å². The monoisotopic (exact) mass is 657 g/mol. The van der Waals surface area contributed by atoms with E-state index < -0.39 is 17.8 Å². The third kappa shape index (κ3) is 7.19. The van der Waals surface area contributed by atoms with Crippen LogP contribution in [0, 0.1) is 24.2 Å². The highest BCUT2D eigenvalue weighted by Crippen LogP contribution is 2.37. The summed E-state index contributed by atoms with van der Waals surface area (Å²) in [5.74, 6) is 0.187. The van der Waals surface area contributed by atoms with Crippen LogP contribution in [-0.2, 0) is 17.8 Å². The summed E-state index contributed by atoms with van der Waals surface area (Å²) in [4.78, 5) is 30.7. The van der Waals surface area contributed by atoms with E-state index in [9.17, 15) is 14.4 Å². The largest absolute Gasteiger partial charge is 0.452 e. The van der Waals surface area contributed by atoms with Crippen LogP contribution in [-0.4, -0.2) is 82.3 Å². The Kier molecular flexibility index (Phi) is 9.62. The van der Waals surface area contributed by atoms with Crippen molar-refractivity contribution in [3.63, 3.8) is 0 Å². The quantitative estimate of drug-likeness (QED) is 0.180. The molecule has 0 unspecified atom stereocenters. The number of hydrogen-bond acceptors (Lipinski definition) is 9. The lowest BCUT2D eigenvalue weighted by atomic mass is 9.99. The zero-order valence-corrected chi connectivity index (χ0v) is 28.7. The van der Waals surface area contributed by atoms with E-state index >= 15 is 0 Å². The summed E-state index contributed by atoms with van der Waals surface area (Å²) in [6, 6.07) is 14.8. The molecule has 2 aromatic carbocycles. The van der Waals surface area contributed by atoms with E-state index in [0.29, 0.717) is 31.6 Å². The second-order valence-corrected chi connectivity index (χ2v) is 14.9. The summed E-state index contributed by atoms with van der Waals surface area (Å²) >= 11 is 1.72. The lowest BCUT2D eigenvalue weighted by Crippen LogP contribution is -2.55. The number of aryl methyl sites for hydroxylation is 1. The van der Waals surface area contributed by atoms with E-state index in [1.165, 1.54) is 39.8 Å². The lowest BCUT2D eigenvalue weighted by Gasteiger charge is -2.42. The van der Waals surface area contributed by atoms with Crippen LogP contribution < -0.4 is 14.5 Å². The average molecular weight is 658 g/mol. The van der Waals surface area contributed by atoms with E-state index in [-0.39, 0.29) is 17.8 Å². The van der Waals surface area contributed by atoms with Crippen molar-refractivity contribution >= 4 is 39.9 Å². The van der Waals surface area contributed by atoms with E-state index in [1.807, 2.05) is 0 Å². The summed E-state index contributed by atoms with van der Waals surface area (Å²) in [5.41, 5.74) is 4.37. The Balaban J connectivity index is 1.29. The molecule has 1 saturated heterocycles. The van der Waals surface area contributed by atoms with Crippen molar-refractivity contribution in [2.75, 3.05) is 55.5 Å². The Bertz CT molecular complexity index is 1700. The summed E-state index contributed by atoms with van der Waals surface area (Å²) in [5, 5.41) is 12.0. The second-order valence-electron chi connectivity index (χ2n) is 13.4. The number of rotatable bonds is 11. The number of nitrogens with zero attached hydrogens (tertiary/aromatic N) is 7. The molecule has 47 heavy (non-hydrogen) atoms. The minimum Gasteiger partial charge on any atom is -0.452 e. The molecular weight excluding hydrogens is 614 g/mol. The van der Waals surface area contributed by atoms with Crippen LogP contribution >= 0.6 is 11.8 Å². The first-order valence-electron chi connectivity index (χ1n) is 16.4. The van der Waals surface area contributed by atoms with Gasteiger partial charge in [0.15, 0.2) is 5.83 Å². The highest BCUT2D eigenvalue weighted by Gasteiger charge is 2.35. The molecule has 0 radical (unpaired) electrons. The molecule has 3 aromatic rings. The number of fused-ring (bicyclic) bond motifs is 2. The van der Waals surface area contributed by atoms with Crippen LogP contribution in [0.15, 0.2) is 48.8 Å². The van der Waals surface area contributed by atoms with Gasteiger partial charge in [0, 0.05) is 49.4 Å². The molecule has 2 fully saturated rings. The molecule has 248 valence electrons. The SMILES string of the molecule is C=C(F)C(=O)N1CCN(c2nc(OCSC(C)(C)N(C)CC3CC3)nc3c2CCN(c2cccc4cccc(C)c24)C3)C[C@@H]1CC#N. The van der Waals surface area contributed by atoms with Gasteiger partial charge in [0.25, 0.3) is 5.91 Å². The number of carbonyl (C=O) groups excluding carboxylic acids is 1. The summed E-state index contributed by atoms with van der Waals surface area (Å²) < 4.78 is 20.2. The lowest BCUT2D eigenvalue weighted by molar-refractivity contribution is -0.131. The minimum atomic E-state index is -1.01. The van der Waals surface area contributed by atoms with Crippen LogP contribution in [0.3, 0.4) is 0 Å². The number of nitriles is 1. The fourth-order valence-electron chi connectivity index (χ4n) is 6.68. The zero-order chi connectivity index (χ0) is 33.3. The van der Waals surface area contributed by atoms with Gasteiger partial charge in [-0.2, -0.15) is 15.2 Å². The maximum Gasteiger partial charge on any atom is 0.319 e. The van der Waals surface area contributed by atoms with Gasteiger partial charge in [-0.15, -0.1) is 0 Å². The number of piperazine rings is 1. The first kappa shape index (κ1) is 33.0. The highest BCUT2D eigenvalue weighted by molar-refractivity contribution is 8.00. The molecule has 0 N–H and O–H groups in total. The predicted molar refractivity (Wildman–Crippen MR) is 186 cm³/mol. The van der Waals surface area contributed by atoms with Gasteiger partial charge < -0.3 is 19.4 Å². The van der Waals surface area contributed by atoms with Crippen molar-refractivity contribution in [2.45, 2.75) is 63.9 Å². The van der Waals surface area contributed by atoms with Crippen molar-refractivity contribution in [3.8, 4) is 12.1 Å². The van der Waals surface area contributed by atoms with E-state index in [0.717, 1.165) is 42.5 Å². The van der Waals surface area contributed by atoms with Crippen molar-refractivity contribution < 1.29 is 13.9 Å². The Hall–Kier alpha value is -3.88. The molecule has 9 nitrogen and oxygen atoms in total. The fraction of sp³-hybridized carbons (Fsp3) is 0.500. The number of hydrogen-bond donors (Lipinski definition) is 0. The van der Waals surface area contributed by atoms with Crippen molar-refractivity contribution in [1.82, 2.24) is 19.8 Å². The standard InChI is InChI=1S/C36H44FN7O2S/c1-24-8-6-9-27-10-7-11-31(32(24)27)42-17-15-29-30(22-42)39-35(46-23-47-36(3,4)41(5)20-26-12-13-26)40-33(29)43-18-19-44(34(45)25(2)37)28(21-43)14-16-38/h6-11,26,28H,2,12-15,17-23H2,1,3-5H3/t28-/m0/s1. The van der Waals surface area contributed by atoms with Crippen LogP contribution in [0.1, 0.15) is 49.9 Å². The fourth-order valence-corrected chi connectivity index (χ4v) is 7.43. The Labute approximate surface area is 281 Å². The molecule has 1 aromatic heterocycles. The van der Waals surface area contributed by atoms with Gasteiger partial charge in [-0.05, 0) is 70.0 Å². The summed E-state index contributed by atoms with van der Waals surface area (Å²) in [7, 11) is 2.17. The van der Waals surface area contributed by atoms with Crippen molar-refractivity contribution in [2.24, 2.45) is 5.92 Å². The van der Waals surface area contributed by atoms with Crippen LogP contribution in [0.5, 0.6) is 6.01 Å². The number of benzene rings is 2. The highest BCUT2D eigenvalue weighted by atomic mass is 32.2. The Morgan fingerprint density at radius 3 is 2.66 bits per heavy atom. The van der Waals surface area contributed by atoms with Gasteiger partial charge in [-0.3, -0.25) is 9.69 Å². The number of ether oxygens (including phenoxy) is 1. The third-order valence-electron chi connectivity index (χ3n) is 9.81. The van der Waals surface area contributed by atoms with E-state index in [2.05, 4.69) is 91.6 Å². The minimum absolute atomic E-state index is 0.0838. The molecule has 1 aliphatic carbocycles. The van der Waals surface area contributed by atoms with Gasteiger partial charge in [0.2, 0.25) is 0 Å². The maximum absolute atomic E-state index is 13.9. The zero-order valence-electron chi connectivity index (χ0n) is 27.8. The third-order valence-corrected chi connectivity index (χ3v) is 11.1. The molecule has 2 aliphatic heterocycles. The van der Waals surface area contributed by atoms with E-state index in [1.54, 1.807) is 11.8 Å². The van der Waals surface area contributed by atoms with Gasteiger partial charge >= 0.3 is 6.01 Å². The summed E-state index contributed by atoms with van der Waals surface area (Å²) in [6.07, 6.45) is 3.43. The number of amides is 1. The molecule has 1 saturated carbocycles. The van der Waals surface area contributed by atoms with Crippen molar-refractivity contribution in [3.05, 3.63) is 65.6 Å². The molecule has 6 rings (SSSR count). The van der Waals surface area contributed by atoms with Gasteiger partial charge in [0.05, 0.1) is 35.6 Å². The first-order valence-corrected chi connectivity index (χ1v) is 17.4. The molecule has 0 spiro atoms. The molecule has 1 atom stereocenters. The maximum atomic E-state index is 13.9. The molecule has 3 heterocycles. The average Bonchev–Trinajstić information content (AvgIpc) is 3.88. The molecular formula is C36H44FN7O2S. The Morgan fingerprint density at radius 1 is 1.17 bits per heavy atom. The van der Waals surface area contributed by atoms with Crippen molar-refractivity contribution in [1.29, 1.82) is 5.26 Å². The van der Waals surface area contributed by atoms with Gasteiger partial charge in [0.1, 0.15) is 11.8 Å². The van der Waals surface area contributed by atoms with Crippen LogP contribution in [0.25, 0.3) is 10.8 Å². The van der Waals surface area contributed by atoms with Crippen LogP contribution in [0.4, 0.5) is 15.9 Å². The Morgan fingerprint density at radius 2 is 1.94 bits per heavy atom. The molecule has 3 aliphatic rings.